The van der Waals surface area contributed by atoms with Crippen molar-refractivity contribution in [3.8, 4) is 0 Å². The molecule has 0 aromatic carbocycles. The number of nitrogens with two attached hydrogens (primary N) is 1. The van der Waals surface area contributed by atoms with Crippen molar-refractivity contribution in [1.82, 2.24) is 5.32 Å². The normalized spacial score (nSPS) is 12.5. The van der Waals surface area contributed by atoms with Gasteiger partial charge in [-0.25, -0.2) is 0 Å². The lowest BCUT2D eigenvalue weighted by Crippen LogP contribution is -2.31. The van der Waals surface area contributed by atoms with E-state index in [-0.39, 0.29) is 18.3 Å². The summed E-state index contributed by atoms with van der Waals surface area (Å²) in [4.78, 5) is 3.80. The minimum absolute atomic E-state index is 0.162. The van der Waals surface area contributed by atoms with Crippen LogP contribution in [-0.4, -0.2) is 37.8 Å². The molecule has 0 aliphatic rings. The number of guanidine groups is 1. The van der Waals surface area contributed by atoms with Gasteiger partial charge in [0.2, 0.25) is 0 Å². The third-order valence-electron chi connectivity index (χ3n) is 1.03. The molecule has 6 nitrogen and oxygen atoms in total. The Morgan fingerprint density at radius 1 is 1.71 bits per heavy atom. The van der Waals surface area contributed by atoms with Gasteiger partial charge in [0.1, 0.15) is 0 Å². The zero-order valence-corrected chi connectivity index (χ0v) is 9.14. The first-order valence-corrected chi connectivity index (χ1v) is 6.66. The summed E-state index contributed by atoms with van der Waals surface area (Å²) in [6, 6.07) is 0. The Labute approximate surface area is 86.8 Å². The summed E-state index contributed by atoms with van der Waals surface area (Å²) in [5, 5.41) is 2.72. The highest BCUT2D eigenvalue weighted by Crippen LogP contribution is 2.07. The van der Waals surface area contributed by atoms with Crippen molar-refractivity contribution in [3.63, 3.8) is 0 Å². The zero-order chi connectivity index (χ0) is 11.0. The molecule has 0 aromatic rings. The van der Waals surface area contributed by atoms with Crippen LogP contribution in [-0.2, 0) is 9.15 Å². The Morgan fingerprint density at radius 2 is 2.36 bits per heavy atom. The molecule has 0 aliphatic heterocycles. The van der Waals surface area contributed by atoms with Crippen molar-refractivity contribution < 1.29 is 13.0 Å². The molecular formula is C6H13N3O3S2. The highest BCUT2D eigenvalue weighted by molar-refractivity contribution is 8.69. The summed E-state index contributed by atoms with van der Waals surface area (Å²) in [6.45, 7) is 4.20. The molecule has 0 spiro atoms. The van der Waals surface area contributed by atoms with Gasteiger partial charge >= 0.3 is 9.15 Å². The van der Waals surface area contributed by atoms with Crippen LogP contribution in [0.1, 0.15) is 0 Å². The Bertz CT molecular complexity index is 299. The van der Waals surface area contributed by atoms with Gasteiger partial charge in [-0.3, -0.25) is 9.55 Å². The summed E-state index contributed by atoms with van der Waals surface area (Å²) in [5.74, 6) is 0.385. The summed E-state index contributed by atoms with van der Waals surface area (Å²) < 4.78 is 28.9. The maximum Gasteiger partial charge on any atom is 0.319 e. The molecule has 82 valence electrons. The average Bonchev–Trinajstić information content (AvgIpc) is 2.07. The summed E-state index contributed by atoms with van der Waals surface area (Å²) in [7, 11) is -3.55. The lowest BCUT2D eigenvalue weighted by atomic mass is 10.6. The molecule has 0 radical (unpaired) electrons. The largest absolute Gasteiger partial charge is 0.370 e. The monoisotopic (exact) mass is 239 g/mol. The van der Waals surface area contributed by atoms with Crippen LogP contribution < -0.4 is 11.1 Å². The number of aliphatic imine (C=N–C) groups is 1. The maximum absolute atomic E-state index is 10.3. The number of nitrogens with one attached hydrogen (secondary N) is 1. The van der Waals surface area contributed by atoms with Crippen LogP contribution in [0.2, 0.25) is 0 Å². The topological polar surface area (TPSA) is 105 Å². The van der Waals surface area contributed by atoms with Gasteiger partial charge < -0.3 is 11.1 Å². The molecule has 0 rings (SSSR count). The second kappa shape index (κ2) is 6.68. The fraction of sp³-hybridized carbons (Fsp3) is 0.500. The van der Waals surface area contributed by atoms with Crippen molar-refractivity contribution in [2.45, 2.75) is 0 Å². The molecular weight excluding hydrogens is 226 g/mol. The molecule has 14 heavy (non-hydrogen) atoms. The van der Waals surface area contributed by atoms with Crippen LogP contribution in [0.4, 0.5) is 0 Å². The minimum Gasteiger partial charge on any atom is -0.370 e. The second-order valence-electron chi connectivity index (χ2n) is 2.19. The summed E-state index contributed by atoms with van der Waals surface area (Å²) in [5.41, 5.74) is 5.38. The van der Waals surface area contributed by atoms with E-state index in [0.717, 1.165) is 0 Å². The molecule has 0 fully saturated rings. The van der Waals surface area contributed by atoms with Gasteiger partial charge in [0, 0.05) is 12.3 Å². The smallest absolute Gasteiger partial charge is 0.319 e. The molecule has 0 saturated heterocycles. The van der Waals surface area contributed by atoms with Crippen molar-refractivity contribution in [2.24, 2.45) is 10.7 Å². The van der Waals surface area contributed by atoms with E-state index < -0.39 is 9.15 Å². The van der Waals surface area contributed by atoms with Crippen molar-refractivity contribution in [3.05, 3.63) is 12.7 Å². The Morgan fingerprint density at radius 3 is 2.86 bits per heavy atom. The van der Waals surface area contributed by atoms with E-state index >= 15 is 0 Å². The first-order valence-electron chi connectivity index (χ1n) is 3.72. The van der Waals surface area contributed by atoms with Crippen LogP contribution in [0.25, 0.3) is 0 Å². The first-order chi connectivity index (χ1) is 6.45. The molecule has 0 aromatic heterocycles. The second-order valence-corrected chi connectivity index (χ2v) is 5.66. The lowest BCUT2D eigenvalue weighted by Gasteiger charge is -2.00. The van der Waals surface area contributed by atoms with Crippen LogP contribution in [0.15, 0.2) is 17.6 Å². The Kier molecular flexibility index (Phi) is 6.34. The van der Waals surface area contributed by atoms with E-state index in [1.807, 2.05) is 0 Å². The van der Waals surface area contributed by atoms with Gasteiger partial charge in [-0.15, -0.1) is 6.58 Å². The summed E-state index contributed by atoms with van der Waals surface area (Å²) in [6.07, 6.45) is 1.62. The molecule has 0 amide bonds. The predicted octanol–water partition coefficient (Wildman–Crippen LogP) is -0.387. The fourth-order valence-corrected chi connectivity index (χ4v) is 1.77. The van der Waals surface area contributed by atoms with Gasteiger partial charge in [0.05, 0.1) is 6.54 Å². The van der Waals surface area contributed by atoms with Gasteiger partial charge in [-0.1, -0.05) is 6.08 Å². The molecule has 0 saturated carbocycles. The third-order valence-corrected chi connectivity index (χ3v) is 3.07. The van der Waals surface area contributed by atoms with Gasteiger partial charge in [-0.2, -0.15) is 8.42 Å². The highest BCUT2D eigenvalue weighted by atomic mass is 33.1. The highest BCUT2D eigenvalue weighted by Gasteiger charge is 2.03. The zero-order valence-electron chi connectivity index (χ0n) is 7.51. The Hall–Kier alpha value is -0.730. The van der Waals surface area contributed by atoms with Gasteiger partial charge in [-0.05, 0) is 10.8 Å². The molecule has 0 heterocycles. The summed E-state index contributed by atoms with van der Waals surface area (Å²) >= 11 is 0. The molecule has 0 bridgehead atoms. The van der Waals surface area contributed by atoms with E-state index in [4.69, 9.17) is 10.3 Å². The van der Waals surface area contributed by atoms with Gasteiger partial charge in [0.15, 0.2) is 5.96 Å². The molecule has 8 heteroatoms. The average molecular weight is 239 g/mol. The SMILES string of the molecule is C=CCNC(N)=NCCSS(=O)(=O)O. The van der Waals surface area contributed by atoms with Crippen molar-refractivity contribution in [1.29, 1.82) is 0 Å². The molecule has 0 unspecified atom stereocenters. The van der Waals surface area contributed by atoms with E-state index in [0.29, 0.717) is 17.3 Å². The van der Waals surface area contributed by atoms with E-state index in [9.17, 15) is 8.42 Å². The minimum atomic E-state index is -3.97. The molecule has 4 N–H and O–H groups in total. The molecule has 0 atom stereocenters. The number of rotatable bonds is 6. The van der Waals surface area contributed by atoms with Crippen molar-refractivity contribution in [2.75, 3.05) is 18.8 Å². The van der Waals surface area contributed by atoms with Crippen LogP contribution in [0.3, 0.4) is 0 Å². The number of hydrogen-bond acceptors (Lipinski definition) is 4. The predicted molar refractivity (Wildman–Crippen MR) is 58.7 cm³/mol. The quantitative estimate of drug-likeness (QED) is 0.146. The molecule has 0 aliphatic carbocycles. The lowest BCUT2D eigenvalue weighted by molar-refractivity contribution is 0.503. The fourth-order valence-electron chi connectivity index (χ4n) is 0.541. The standard InChI is InChI=1S/C6H13N3O3S2/c1-2-3-8-6(7)9-4-5-13-14(10,11)12/h2H,1,3-5H2,(H3,7,8,9)(H,10,11,12). The Balaban J connectivity index is 3.66. The van der Waals surface area contributed by atoms with Crippen LogP contribution in [0, 0.1) is 0 Å². The van der Waals surface area contributed by atoms with Crippen LogP contribution in [0.5, 0.6) is 0 Å². The van der Waals surface area contributed by atoms with Crippen molar-refractivity contribution >= 4 is 25.9 Å². The first kappa shape index (κ1) is 13.3. The number of hydrogen-bond donors (Lipinski definition) is 3. The van der Waals surface area contributed by atoms with E-state index in [1.165, 1.54) is 0 Å². The van der Waals surface area contributed by atoms with E-state index in [2.05, 4.69) is 16.9 Å². The number of nitrogens with zero attached hydrogens (tertiary/aromatic N) is 1. The van der Waals surface area contributed by atoms with E-state index in [1.54, 1.807) is 6.08 Å². The maximum atomic E-state index is 10.3. The van der Waals surface area contributed by atoms with Crippen LogP contribution >= 0.6 is 10.8 Å². The third kappa shape index (κ3) is 9.36. The van der Waals surface area contributed by atoms with Gasteiger partial charge in [0.25, 0.3) is 0 Å².